The number of nitro benzene ring substituents is 1. The molecule has 6 heteroatoms. The van der Waals surface area contributed by atoms with E-state index in [9.17, 15) is 10.1 Å². The highest BCUT2D eigenvalue weighted by atomic mass is 127. The second kappa shape index (κ2) is 5.40. The number of hydrogen-bond donors (Lipinski definition) is 1. The Morgan fingerprint density at radius 2 is 2.33 bits per heavy atom. The Balaban J connectivity index is 2.27. The number of nitro groups is 1. The van der Waals surface area contributed by atoms with Crippen molar-refractivity contribution < 1.29 is 4.92 Å². The first kappa shape index (κ1) is 13.5. The van der Waals surface area contributed by atoms with Crippen LogP contribution >= 0.6 is 22.6 Å². The van der Waals surface area contributed by atoms with Crippen LogP contribution in [0.1, 0.15) is 13.3 Å². The van der Waals surface area contributed by atoms with E-state index >= 15 is 0 Å². The zero-order valence-electron chi connectivity index (χ0n) is 10.2. The Bertz CT molecular complexity index is 465. The number of rotatable bonds is 3. The van der Waals surface area contributed by atoms with Gasteiger partial charge in [-0.3, -0.25) is 10.1 Å². The van der Waals surface area contributed by atoms with E-state index in [4.69, 9.17) is 5.73 Å². The van der Waals surface area contributed by atoms with Crippen LogP contribution < -0.4 is 10.6 Å². The Morgan fingerprint density at radius 1 is 1.61 bits per heavy atom. The van der Waals surface area contributed by atoms with Gasteiger partial charge < -0.3 is 10.6 Å². The molecule has 1 aromatic rings. The van der Waals surface area contributed by atoms with Gasteiger partial charge in [0.1, 0.15) is 5.69 Å². The summed E-state index contributed by atoms with van der Waals surface area (Å²) in [5.41, 5.74) is 6.80. The maximum atomic E-state index is 11.1. The first-order valence-corrected chi connectivity index (χ1v) is 7.01. The zero-order chi connectivity index (χ0) is 13.3. The van der Waals surface area contributed by atoms with Crippen molar-refractivity contribution in [2.24, 2.45) is 11.7 Å². The van der Waals surface area contributed by atoms with E-state index in [1.807, 2.05) is 19.1 Å². The molecule has 5 nitrogen and oxygen atoms in total. The van der Waals surface area contributed by atoms with E-state index in [1.54, 1.807) is 6.07 Å². The van der Waals surface area contributed by atoms with Crippen molar-refractivity contribution in [1.82, 2.24) is 0 Å². The van der Waals surface area contributed by atoms with Crippen molar-refractivity contribution in [2.75, 3.05) is 18.0 Å². The predicted molar refractivity (Wildman–Crippen MR) is 79.8 cm³/mol. The largest absolute Gasteiger partial charge is 0.366 e. The van der Waals surface area contributed by atoms with Gasteiger partial charge in [-0.05, 0) is 54.0 Å². The second-order valence-corrected chi connectivity index (χ2v) is 5.99. The molecule has 2 unspecified atom stereocenters. The molecular formula is C12H16IN3O2. The molecule has 0 spiro atoms. The summed E-state index contributed by atoms with van der Waals surface area (Å²) in [7, 11) is 0. The molecule has 98 valence electrons. The van der Waals surface area contributed by atoms with Crippen LogP contribution in [0.5, 0.6) is 0 Å². The van der Waals surface area contributed by atoms with Crippen molar-refractivity contribution in [2.45, 2.75) is 19.4 Å². The van der Waals surface area contributed by atoms with Crippen LogP contribution in [0.2, 0.25) is 0 Å². The molecule has 1 aromatic carbocycles. The molecule has 0 bridgehead atoms. The summed E-state index contributed by atoms with van der Waals surface area (Å²) in [5.74, 6) is 0.420. The van der Waals surface area contributed by atoms with Crippen LogP contribution in [-0.4, -0.2) is 24.1 Å². The molecule has 1 heterocycles. The number of halogens is 1. The fraction of sp³-hybridized carbons (Fsp3) is 0.500. The molecule has 2 rings (SSSR count). The van der Waals surface area contributed by atoms with Gasteiger partial charge in [-0.1, -0.05) is 0 Å². The lowest BCUT2D eigenvalue weighted by atomic mass is 10.0. The summed E-state index contributed by atoms with van der Waals surface area (Å²) in [6.07, 6.45) is 1.00. The summed E-state index contributed by atoms with van der Waals surface area (Å²) in [6, 6.07) is 5.50. The topological polar surface area (TPSA) is 72.4 Å². The van der Waals surface area contributed by atoms with Crippen molar-refractivity contribution in [3.8, 4) is 0 Å². The number of hydrogen-bond acceptors (Lipinski definition) is 4. The van der Waals surface area contributed by atoms with E-state index in [0.29, 0.717) is 11.6 Å². The number of nitrogens with two attached hydrogens (primary N) is 1. The Kier molecular flexibility index (Phi) is 4.06. The lowest BCUT2D eigenvalue weighted by Crippen LogP contribution is -2.29. The first-order chi connectivity index (χ1) is 8.49. The van der Waals surface area contributed by atoms with E-state index in [2.05, 4.69) is 27.5 Å². The normalized spacial score (nSPS) is 21.1. The minimum absolute atomic E-state index is 0.137. The van der Waals surface area contributed by atoms with Gasteiger partial charge in [0.05, 0.1) is 4.92 Å². The smallest absolute Gasteiger partial charge is 0.293 e. The highest BCUT2D eigenvalue weighted by molar-refractivity contribution is 14.1. The van der Waals surface area contributed by atoms with Crippen LogP contribution in [0.15, 0.2) is 18.2 Å². The molecule has 0 radical (unpaired) electrons. The molecule has 1 saturated heterocycles. The third-order valence-electron chi connectivity index (χ3n) is 3.44. The molecule has 18 heavy (non-hydrogen) atoms. The molecule has 2 N–H and O–H groups in total. The lowest BCUT2D eigenvalue weighted by molar-refractivity contribution is -0.384. The monoisotopic (exact) mass is 361 g/mol. The molecule has 2 atom stereocenters. The van der Waals surface area contributed by atoms with E-state index in [0.717, 1.165) is 23.1 Å². The van der Waals surface area contributed by atoms with Crippen LogP contribution in [0, 0.1) is 19.6 Å². The quantitative estimate of drug-likeness (QED) is 0.510. The molecular weight excluding hydrogens is 345 g/mol. The number of benzene rings is 1. The molecule has 0 aromatic heterocycles. The van der Waals surface area contributed by atoms with E-state index in [1.165, 1.54) is 0 Å². The maximum Gasteiger partial charge on any atom is 0.293 e. The summed E-state index contributed by atoms with van der Waals surface area (Å²) in [4.78, 5) is 12.9. The minimum atomic E-state index is -0.309. The van der Waals surface area contributed by atoms with Crippen LogP contribution in [0.4, 0.5) is 11.4 Å². The fourth-order valence-corrected chi connectivity index (χ4v) is 2.82. The number of nitrogens with zero attached hydrogens (tertiary/aromatic N) is 2. The van der Waals surface area contributed by atoms with Crippen molar-refractivity contribution in [3.05, 3.63) is 31.9 Å². The van der Waals surface area contributed by atoms with Crippen LogP contribution in [-0.2, 0) is 0 Å². The summed E-state index contributed by atoms with van der Waals surface area (Å²) in [5, 5.41) is 11.1. The third kappa shape index (κ3) is 2.74. The SMILES string of the molecule is CC(N)C1CCN(c2ccc(I)cc2[N+](=O)[O-])C1. The summed E-state index contributed by atoms with van der Waals surface area (Å²) < 4.78 is 0.881. The predicted octanol–water partition coefficient (Wildman–Crippen LogP) is 2.37. The van der Waals surface area contributed by atoms with Gasteiger partial charge in [0.25, 0.3) is 5.69 Å². The Hall–Kier alpha value is -0.890. The molecule has 0 saturated carbocycles. The average Bonchev–Trinajstić information content (AvgIpc) is 2.78. The van der Waals surface area contributed by atoms with Gasteiger partial charge in [0, 0.05) is 28.8 Å². The highest BCUT2D eigenvalue weighted by Gasteiger charge is 2.29. The van der Waals surface area contributed by atoms with Crippen LogP contribution in [0.3, 0.4) is 0 Å². The van der Waals surface area contributed by atoms with E-state index in [-0.39, 0.29) is 16.7 Å². The standard InChI is InChI=1S/C12H16IN3O2/c1-8(14)9-4-5-15(7-9)11-3-2-10(13)6-12(11)16(17)18/h2-3,6,8-9H,4-5,7,14H2,1H3. The van der Waals surface area contributed by atoms with Crippen molar-refractivity contribution in [1.29, 1.82) is 0 Å². The lowest BCUT2D eigenvalue weighted by Gasteiger charge is -2.20. The fourth-order valence-electron chi connectivity index (χ4n) is 2.35. The van der Waals surface area contributed by atoms with Crippen LogP contribution in [0.25, 0.3) is 0 Å². The maximum absolute atomic E-state index is 11.1. The molecule has 0 aliphatic carbocycles. The van der Waals surface area contributed by atoms with Gasteiger partial charge >= 0.3 is 0 Å². The first-order valence-electron chi connectivity index (χ1n) is 5.93. The van der Waals surface area contributed by atoms with Crippen molar-refractivity contribution in [3.63, 3.8) is 0 Å². The molecule has 0 amide bonds. The Morgan fingerprint density at radius 3 is 2.89 bits per heavy atom. The van der Waals surface area contributed by atoms with Gasteiger partial charge in [-0.25, -0.2) is 0 Å². The molecule has 1 fully saturated rings. The molecule has 1 aliphatic rings. The minimum Gasteiger partial charge on any atom is -0.366 e. The van der Waals surface area contributed by atoms with Gasteiger partial charge in [0.15, 0.2) is 0 Å². The van der Waals surface area contributed by atoms with E-state index < -0.39 is 0 Å². The number of anilines is 1. The zero-order valence-corrected chi connectivity index (χ0v) is 12.3. The summed E-state index contributed by atoms with van der Waals surface area (Å²) >= 11 is 2.09. The highest BCUT2D eigenvalue weighted by Crippen LogP contribution is 2.33. The van der Waals surface area contributed by atoms with Gasteiger partial charge in [-0.2, -0.15) is 0 Å². The second-order valence-electron chi connectivity index (χ2n) is 4.74. The third-order valence-corrected chi connectivity index (χ3v) is 4.11. The molecule has 1 aliphatic heterocycles. The van der Waals surface area contributed by atoms with Gasteiger partial charge in [-0.15, -0.1) is 0 Å². The average molecular weight is 361 g/mol. The van der Waals surface area contributed by atoms with Gasteiger partial charge in [0.2, 0.25) is 0 Å². The van der Waals surface area contributed by atoms with Crippen molar-refractivity contribution >= 4 is 34.0 Å². The summed E-state index contributed by atoms with van der Waals surface area (Å²) in [6.45, 7) is 3.64. The Labute approximate surface area is 120 Å².